The van der Waals surface area contributed by atoms with Crippen molar-refractivity contribution in [2.45, 2.75) is 13.0 Å². The molecule has 0 radical (unpaired) electrons. The van der Waals surface area contributed by atoms with Crippen molar-refractivity contribution in [3.63, 3.8) is 0 Å². The first-order valence-corrected chi connectivity index (χ1v) is 8.26. The van der Waals surface area contributed by atoms with Crippen LogP contribution in [0.5, 0.6) is 0 Å². The molecule has 4 rings (SSSR count). The van der Waals surface area contributed by atoms with Gasteiger partial charge in [0, 0.05) is 6.54 Å². The van der Waals surface area contributed by atoms with E-state index in [1.807, 2.05) is 13.0 Å². The van der Waals surface area contributed by atoms with Crippen molar-refractivity contribution in [1.29, 1.82) is 0 Å². The van der Waals surface area contributed by atoms with Crippen LogP contribution in [0.25, 0.3) is 11.0 Å². The molecule has 1 atom stereocenters. The van der Waals surface area contributed by atoms with Gasteiger partial charge in [-0.1, -0.05) is 29.8 Å². The van der Waals surface area contributed by atoms with Crippen molar-refractivity contribution >= 4 is 16.9 Å². The number of hydrogen-bond acceptors (Lipinski definition) is 3. The molecule has 0 saturated heterocycles. The van der Waals surface area contributed by atoms with Crippen LogP contribution in [-0.4, -0.2) is 17.4 Å². The maximum Gasteiger partial charge on any atom is 0.291 e. The van der Waals surface area contributed by atoms with Crippen molar-refractivity contribution in [3.05, 3.63) is 93.6 Å². The first-order valence-electron chi connectivity index (χ1n) is 8.26. The summed E-state index contributed by atoms with van der Waals surface area (Å²) in [4.78, 5) is 27.6. The first-order chi connectivity index (χ1) is 12.5. The maximum absolute atomic E-state index is 13.3. The molecule has 0 unspecified atom stereocenters. The highest BCUT2D eigenvalue weighted by Gasteiger charge is 2.42. The molecule has 0 saturated carbocycles. The molecule has 2 aromatic carbocycles. The molecule has 1 amide bonds. The average Bonchev–Trinajstić information content (AvgIpc) is 2.90. The van der Waals surface area contributed by atoms with Crippen LogP contribution < -0.4 is 5.43 Å². The van der Waals surface area contributed by atoms with Gasteiger partial charge >= 0.3 is 0 Å². The SMILES string of the molecule is C=CCN1C(=O)c2oc3ccc(C)cc3c(=O)c2[C@@H]1c1ccc(F)cc1. The standard InChI is InChI=1S/C21H16FNO3/c1-3-10-23-18(13-5-7-14(22)8-6-13)17-19(24)15-11-12(2)4-9-16(15)26-20(17)21(23)25/h3-9,11,18H,1,10H2,2H3/t18-/m0/s1. The zero-order chi connectivity index (χ0) is 18.4. The number of hydrogen-bond donors (Lipinski definition) is 0. The molecular formula is C21H16FNO3. The summed E-state index contributed by atoms with van der Waals surface area (Å²) in [5.74, 6) is -0.703. The number of amides is 1. The van der Waals surface area contributed by atoms with E-state index in [0.717, 1.165) is 5.56 Å². The van der Waals surface area contributed by atoms with E-state index in [0.29, 0.717) is 22.1 Å². The molecule has 1 aliphatic rings. The Bertz CT molecular complexity index is 1100. The molecule has 2 heterocycles. The van der Waals surface area contributed by atoms with Gasteiger partial charge in [0.15, 0.2) is 5.43 Å². The summed E-state index contributed by atoms with van der Waals surface area (Å²) in [6.45, 7) is 5.83. The van der Waals surface area contributed by atoms with Crippen LogP contribution in [0.4, 0.5) is 4.39 Å². The lowest BCUT2D eigenvalue weighted by atomic mass is 9.98. The highest BCUT2D eigenvalue weighted by molar-refractivity contribution is 5.99. The number of nitrogens with zero attached hydrogens (tertiary/aromatic N) is 1. The molecule has 26 heavy (non-hydrogen) atoms. The Morgan fingerprint density at radius 2 is 1.92 bits per heavy atom. The summed E-state index contributed by atoms with van der Waals surface area (Å²) < 4.78 is 19.2. The smallest absolute Gasteiger partial charge is 0.291 e. The number of carbonyl (C=O) groups excluding carboxylic acids is 1. The van der Waals surface area contributed by atoms with Crippen LogP contribution >= 0.6 is 0 Å². The van der Waals surface area contributed by atoms with Crippen LogP contribution in [0, 0.1) is 12.7 Å². The lowest BCUT2D eigenvalue weighted by Gasteiger charge is -2.23. The van der Waals surface area contributed by atoms with E-state index in [1.54, 1.807) is 30.3 Å². The fourth-order valence-electron chi connectivity index (χ4n) is 3.45. The zero-order valence-electron chi connectivity index (χ0n) is 14.2. The zero-order valence-corrected chi connectivity index (χ0v) is 14.2. The van der Waals surface area contributed by atoms with Gasteiger partial charge in [-0.3, -0.25) is 9.59 Å². The van der Waals surface area contributed by atoms with E-state index in [9.17, 15) is 14.0 Å². The fraction of sp³-hybridized carbons (Fsp3) is 0.143. The van der Waals surface area contributed by atoms with E-state index in [-0.39, 0.29) is 29.5 Å². The summed E-state index contributed by atoms with van der Waals surface area (Å²) in [7, 11) is 0. The van der Waals surface area contributed by atoms with Gasteiger partial charge in [-0.2, -0.15) is 0 Å². The minimum atomic E-state index is -0.628. The predicted octanol–water partition coefficient (Wildman–Crippen LogP) is 3.97. The quantitative estimate of drug-likeness (QED) is 0.672. The first kappa shape index (κ1) is 16.3. The van der Waals surface area contributed by atoms with Crippen LogP contribution in [0.2, 0.25) is 0 Å². The topological polar surface area (TPSA) is 50.5 Å². The average molecular weight is 349 g/mol. The summed E-state index contributed by atoms with van der Waals surface area (Å²) in [6, 6.07) is 10.4. The molecule has 0 bridgehead atoms. The lowest BCUT2D eigenvalue weighted by molar-refractivity contribution is 0.0748. The van der Waals surface area contributed by atoms with Gasteiger partial charge in [-0.15, -0.1) is 6.58 Å². The third kappa shape index (κ3) is 2.36. The number of rotatable bonds is 3. The van der Waals surface area contributed by atoms with Crippen LogP contribution in [-0.2, 0) is 0 Å². The Balaban J connectivity index is 2.02. The van der Waals surface area contributed by atoms with E-state index in [4.69, 9.17) is 4.42 Å². The Hall–Kier alpha value is -3.21. The van der Waals surface area contributed by atoms with E-state index in [1.165, 1.54) is 17.0 Å². The molecule has 0 fully saturated rings. The molecule has 1 aliphatic heterocycles. The minimum Gasteiger partial charge on any atom is -0.450 e. The van der Waals surface area contributed by atoms with Gasteiger partial charge in [-0.05, 0) is 36.8 Å². The number of benzene rings is 2. The third-order valence-electron chi connectivity index (χ3n) is 4.63. The van der Waals surface area contributed by atoms with Crippen molar-refractivity contribution < 1.29 is 13.6 Å². The molecule has 1 aromatic heterocycles. The van der Waals surface area contributed by atoms with Crippen molar-refractivity contribution in [1.82, 2.24) is 4.90 Å². The highest BCUT2D eigenvalue weighted by atomic mass is 19.1. The normalized spacial score (nSPS) is 16.2. The van der Waals surface area contributed by atoms with Crippen LogP contribution in [0.3, 0.4) is 0 Å². The maximum atomic E-state index is 13.3. The Morgan fingerprint density at radius 3 is 2.62 bits per heavy atom. The molecule has 0 N–H and O–H groups in total. The summed E-state index contributed by atoms with van der Waals surface area (Å²) >= 11 is 0. The highest BCUT2D eigenvalue weighted by Crippen LogP contribution is 2.38. The minimum absolute atomic E-state index is 0.0440. The van der Waals surface area contributed by atoms with E-state index >= 15 is 0 Å². The Morgan fingerprint density at radius 1 is 1.19 bits per heavy atom. The Labute approximate surface area is 149 Å². The van der Waals surface area contributed by atoms with Gasteiger partial charge in [0.1, 0.15) is 11.4 Å². The van der Waals surface area contributed by atoms with Crippen LogP contribution in [0.1, 0.15) is 33.3 Å². The molecular weight excluding hydrogens is 333 g/mol. The summed E-state index contributed by atoms with van der Waals surface area (Å²) in [6.07, 6.45) is 1.59. The van der Waals surface area contributed by atoms with Gasteiger partial charge < -0.3 is 9.32 Å². The third-order valence-corrected chi connectivity index (χ3v) is 4.63. The summed E-state index contributed by atoms with van der Waals surface area (Å²) in [5, 5.41) is 0.434. The monoisotopic (exact) mass is 349 g/mol. The van der Waals surface area contributed by atoms with E-state index < -0.39 is 6.04 Å². The molecule has 4 nitrogen and oxygen atoms in total. The second-order valence-electron chi connectivity index (χ2n) is 6.37. The molecule has 0 spiro atoms. The van der Waals surface area contributed by atoms with Crippen molar-refractivity contribution in [3.8, 4) is 0 Å². The molecule has 3 aromatic rings. The van der Waals surface area contributed by atoms with Crippen LogP contribution in [0.15, 0.2) is 64.3 Å². The molecule has 5 heteroatoms. The lowest BCUT2D eigenvalue weighted by Crippen LogP contribution is -2.29. The van der Waals surface area contributed by atoms with Gasteiger partial charge in [0.25, 0.3) is 5.91 Å². The molecule has 130 valence electrons. The second-order valence-corrected chi connectivity index (χ2v) is 6.37. The number of fused-ring (bicyclic) bond motifs is 2. The van der Waals surface area contributed by atoms with Crippen molar-refractivity contribution in [2.24, 2.45) is 0 Å². The van der Waals surface area contributed by atoms with Gasteiger partial charge in [0.05, 0.1) is 17.0 Å². The van der Waals surface area contributed by atoms with Gasteiger partial charge in [-0.25, -0.2) is 4.39 Å². The molecule has 0 aliphatic carbocycles. The van der Waals surface area contributed by atoms with E-state index in [2.05, 4.69) is 6.58 Å². The number of carbonyl (C=O) groups is 1. The second kappa shape index (κ2) is 5.95. The van der Waals surface area contributed by atoms with Crippen molar-refractivity contribution in [2.75, 3.05) is 6.54 Å². The number of aryl methyl sites for hydroxylation is 1. The summed E-state index contributed by atoms with van der Waals surface area (Å²) in [5.41, 5.74) is 2.02. The number of halogens is 1. The largest absolute Gasteiger partial charge is 0.450 e. The van der Waals surface area contributed by atoms with Gasteiger partial charge in [0.2, 0.25) is 5.76 Å². The fourth-order valence-corrected chi connectivity index (χ4v) is 3.45. The predicted molar refractivity (Wildman–Crippen MR) is 96.7 cm³/mol. The Kier molecular flexibility index (Phi) is 3.72.